The highest BCUT2D eigenvalue weighted by molar-refractivity contribution is 5.38. The molecule has 3 heteroatoms. The Labute approximate surface area is 123 Å². The van der Waals surface area contributed by atoms with Crippen LogP contribution in [0.25, 0.3) is 0 Å². The molecule has 1 unspecified atom stereocenters. The number of nitrogens with zero attached hydrogens (tertiary/aromatic N) is 1. The number of nitriles is 1. The molecular formula is C17H26N2O. The zero-order valence-electron chi connectivity index (χ0n) is 13.1. The minimum absolute atomic E-state index is 0.409. The van der Waals surface area contributed by atoms with Gasteiger partial charge in [0.2, 0.25) is 0 Å². The standard InChI is InChI=1S/C17H26N2O/c1-5-19-17(4,13-18)11-6-7-12-20-16-10-8-9-14(2)15(16)3/h8-10,19H,5-7,11-12H2,1-4H3. The van der Waals surface area contributed by atoms with E-state index in [2.05, 4.69) is 31.3 Å². The minimum atomic E-state index is -0.409. The maximum absolute atomic E-state index is 9.17. The Morgan fingerprint density at radius 1 is 1.30 bits per heavy atom. The van der Waals surface area contributed by atoms with Gasteiger partial charge in [-0.05, 0) is 63.8 Å². The molecule has 0 fully saturated rings. The molecule has 1 aromatic carbocycles. The van der Waals surface area contributed by atoms with Crippen LogP contribution in [0.15, 0.2) is 18.2 Å². The summed E-state index contributed by atoms with van der Waals surface area (Å²) in [5.41, 5.74) is 2.06. The number of nitrogens with one attached hydrogen (secondary N) is 1. The summed E-state index contributed by atoms with van der Waals surface area (Å²) in [6.07, 6.45) is 2.81. The van der Waals surface area contributed by atoms with Crippen LogP contribution in [0.1, 0.15) is 44.2 Å². The second kappa shape index (κ2) is 7.91. The zero-order valence-corrected chi connectivity index (χ0v) is 13.1. The summed E-state index contributed by atoms with van der Waals surface area (Å²) in [5, 5.41) is 12.4. The quantitative estimate of drug-likeness (QED) is 0.734. The Bertz CT molecular complexity index is 465. The molecule has 0 radical (unpaired) electrons. The molecule has 20 heavy (non-hydrogen) atoms. The molecule has 1 aromatic rings. The molecule has 1 atom stereocenters. The summed E-state index contributed by atoms with van der Waals surface area (Å²) in [6, 6.07) is 8.48. The number of hydrogen-bond donors (Lipinski definition) is 1. The Morgan fingerprint density at radius 3 is 2.70 bits per heavy atom. The molecule has 3 nitrogen and oxygen atoms in total. The third-order valence-corrected chi connectivity index (χ3v) is 3.70. The molecule has 0 aliphatic heterocycles. The van der Waals surface area contributed by atoms with Crippen molar-refractivity contribution in [2.45, 2.75) is 52.5 Å². The molecule has 0 saturated carbocycles. The van der Waals surface area contributed by atoms with E-state index in [-0.39, 0.29) is 0 Å². The normalized spacial score (nSPS) is 13.6. The van der Waals surface area contributed by atoms with Crippen LogP contribution in [0.2, 0.25) is 0 Å². The Morgan fingerprint density at radius 2 is 2.05 bits per heavy atom. The van der Waals surface area contributed by atoms with Crippen LogP contribution in [0.4, 0.5) is 0 Å². The number of benzene rings is 1. The van der Waals surface area contributed by atoms with Gasteiger partial charge in [-0.25, -0.2) is 0 Å². The molecule has 1 rings (SSSR count). The maximum atomic E-state index is 9.17. The smallest absolute Gasteiger partial charge is 0.122 e. The summed E-state index contributed by atoms with van der Waals surface area (Å²) in [6.45, 7) is 9.70. The van der Waals surface area contributed by atoms with Crippen molar-refractivity contribution in [2.75, 3.05) is 13.2 Å². The first-order valence-corrected chi connectivity index (χ1v) is 7.37. The van der Waals surface area contributed by atoms with Crippen molar-refractivity contribution in [2.24, 2.45) is 0 Å². The Kier molecular flexibility index (Phi) is 6.54. The van der Waals surface area contributed by atoms with Gasteiger partial charge in [0.05, 0.1) is 12.7 Å². The molecular weight excluding hydrogens is 248 g/mol. The second-order valence-corrected chi connectivity index (χ2v) is 5.48. The van der Waals surface area contributed by atoms with E-state index in [9.17, 15) is 5.26 Å². The van der Waals surface area contributed by atoms with Crippen molar-refractivity contribution in [1.29, 1.82) is 5.26 Å². The van der Waals surface area contributed by atoms with E-state index in [0.717, 1.165) is 31.6 Å². The van der Waals surface area contributed by atoms with Crippen molar-refractivity contribution in [3.63, 3.8) is 0 Å². The van der Waals surface area contributed by atoms with Crippen LogP contribution < -0.4 is 10.1 Å². The zero-order chi connectivity index (χ0) is 15.0. The molecule has 0 spiro atoms. The highest BCUT2D eigenvalue weighted by Gasteiger charge is 2.21. The van der Waals surface area contributed by atoms with Crippen molar-refractivity contribution in [1.82, 2.24) is 5.32 Å². The first-order valence-electron chi connectivity index (χ1n) is 7.37. The molecule has 0 heterocycles. The molecule has 0 aliphatic carbocycles. The van der Waals surface area contributed by atoms with Gasteiger partial charge in [-0.15, -0.1) is 0 Å². The van der Waals surface area contributed by atoms with Crippen LogP contribution in [0, 0.1) is 25.2 Å². The number of rotatable bonds is 8. The minimum Gasteiger partial charge on any atom is -0.493 e. The molecule has 1 N–H and O–H groups in total. The lowest BCUT2D eigenvalue weighted by Gasteiger charge is -2.22. The van der Waals surface area contributed by atoms with Gasteiger partial charge in [0.15, 0.2) is 0 Å². The van der Waals surface area contributed by atoms with E-state index in [0.29, 0.717) is 6.61 Å². The van der Waals surface area contributed by atoms with Crippen LogP contribution in [0.5, 0.6) is 5.75 Å². The average Bonchev–Trinajstić information content (AvgIpc) is 2.43. The lowest BCUT2D eigenvalue weighted by atomic mass is 9.97. The van der Waals surface area contributed by atoms with Crippen LogP contribution >= 0.6 is 0 Å². The van der Waals surface area contributed by atoms with Gasteiger partial charge in [-0.2, -0.15) is 5.26 Å². The van der Waals surface area contributed by atoms with Gasteiger partial charge in [0, 0.05) is 0 Å². The van der Waals surface area contributed by atoms with Gasteiger partial charge < -0.3 is 4.74 Å². The molecule has 110 valence electrons. The highest BCUT2D eigenvalue weighted by atomic mass is 16.5. The van der Waals surface area contributed by atoms with Gasteiger partial charge in [-0.1, -0.05) is 19.1 Å². The highest BCUT2D eigenvalue weighted by Crippen LogP contribution is 2.21. The van der Waals surface area contributed by atoms with E-state index in [1.165, 1.54) is 11.1 Å². The molecule has 0 aromatic heterocycles. The summed E-state index contributed by atoms with van der Waals surface area (Å²) in [5.74, 6) is 0.972. The summed E-state index contributed by atoms with van der Waals surface area (Å²) < 4.78 is 5.82. The third-order valence-electron chi connectivity index (χ3n) is 3.70. The van der Waals surface area contributed by atoms with E-state index in [1.807, 2.05) is 26.0 Å². The third kappa shape index (κ3) is 4.86. The fourth-order valence-electron chi connectivity index (χ4n) is 2.22. The van der Waals surface area contributed by atoms with Crippen LogP contribution in [-0.2, 0) is 0 Å². The second-order valence-electron chi connectivity index (χ2n) is 5.48. The van der Waals surface area contributed by atoms with Crippen molar-refractivity contribution >= 4 is 0 Å². The van der Waals surface area contributed by atoms with Crippen molar-refractivity contribution in [3.05, 3.63) is 29.3 Å². The number of unbranched alkanes of at least 4 members (excludes halogenated alkanes) is 1. The lowest BCUT2D eigenvalue weighted by Crippen LogP contribution is -2.40. The average molecular weight is 274 g/mol. The summed E-state index contributed by atoms with van der Waals surface area (Å²) in [4.78, 5) is 0. The number of ether oxygens (including phenoxy) is 1. The van der Waals surface area contributed by atoms with E-state index >= 15 is 0 Å². The predicted molar refractivity (Wildman–Crippen MR) is 83.0 cm³/mol. The van der Waals surface area contributed by atoms with Crippen molar-refractivity contribution in [3.8, 4) is 11.8 Å². The van der Waals surface area contributed by atoms with E-state index in [4.69, 9.17) is 4.74 Å². The first kappa shape index (κ1) is 16.5. The molecule has 0 bridgehead atoms. The van der Waals surface area contributed by atoms with E-state index in [1.54, 1.807) is 0 Å². The summed E-state index contributed by atoms with van der Waals surface area (Å²) in [7, 11) is 0. The molecule has 0 amide bonds. The van der Waals surface area contributed by atoms with E-state index < -0.39 is 5.54 Å². The first-order chi connectivity index (χ1) is 9.52. The van der Waals surface area contributed by atoms with Gasteiger partial charge in [0.1, 0.15) is 11.3 Å². The molecule has 0 saturated heterocycles. The fourth-order valence-corrected chi connectivity index (χ4v) is 2.22. The maximum Gasteiger partial charge on any atom is 0.122 e. The van der Waals surface area contributed by atoms with Gasteiger partial charge in [-0.3, -0.25) is 5.32 Å². The fraction of sp³-hybridized carbons (Fsp3) is 0.588. The monoisotopic (exact) mass is 274 g/mol. The van der Waals surface area contributed by atoms with Crippen molar-refractivity contribution < 1.29 is 4.74 Å². The SMILES string of the molecule is CCNC(C)(C#N)CCCCOc1cccc(C)c1C. The number of aryl methyl sites for hydroxylation is 1. The number of hydrogen-bond acceptors (Lipinski definition) is 3. The topological polar surface area (TPSA) is 45.0 Å². The lowest BCUT2D eigenvalue weighted by molar-refractivity contribution is 0.294. The van der Waals surface area contributed by atoms with Gasteiger partial charge in [0.25, 0.3) is 0 Å². The van der Waals surface area contributed by atoms with Crippen LogP contribution in [-0.4, -0.2) is 18.7 Å². The van der Waals surface area contributed by atoms with Gasteiger partial charge >= 0.3 is 0 Å². The summed E-state index contributed by atoms with van der Waals surface area (Å²) >= 11 is 0. The Balaban J connectivity index is 2.32. The largest absolute Gasteiger partial charge is 0.493 e. The Hall–Kier alpha value is -1.53. The molecule has 0 aliphatic rings. The van der Waals surface area contributed by atoms with Crippen LogP contribution in [0.3, 0.4) is 0 Å². The predicted octanol–water partition coefficient (Wildman–Crippen LogP) is 3.74.